The van der Waals surface area contributed by atoms with Gasteiger partial charge in [0.1, 0.15) is 11.5 Å². The number of hydrogen-bond acceptors (Lipinski definition) is 4. The van der Waals surface area contributed by atoms with Crippen LogP contribution in [0, 0.1) is 19.7 Å². The van der Waals surface area contributed by atoms with Crippen LogP contribution in [0.2, 0.25) is 0 Å². The van der Waals surface area contributed by atoms with Crippen LogP contribution in [-0.4, -0.2) is 29.1 Å². The van der Waals surface area contributed by atoms with E-state index in [1.165, 1.54) is 18.3 Å². The van der Waals surface area contributed by atoms with E-state index >= 15 is 0 Å². The van der Waals surface area contributed by atoms with Gasteiger partial charge in [-0.2, -0.15) is 0 Å². The summed E-state index contributed by atoms with van der Waals surface area (Å²) in [4.78, 5) is 29.1. The molecule has 1 amide bonds. The number of hydrogen-bond donors (Lipinski definition) is 2. The molecule has 0 aliphatic heterocycles. The molecule has 0 spiro atoms. The average molecular weight is 494 g/mol. The number of nitrogens with zero attached hydrogens (tertiary/aromatic N) is 1. The Labute approximate surface area is 201 Å². The highest BCUT2D eigenvalue weighted by Gasteiger charge is 2.38. The minimum atomic E-state index is -3.85. The predicted molar refractivity (Wildman–Crippen MR) is 132 cm³/mol. The molecule has 0 atom stereocenters. The van der Waals surface area contributed by atoms with Gasteiger partial charge in [0, 0.05) is 34.8 Å². The number of sulfonamides is 1. The second-order valence-electron chi connectivity index (χ2n) is 8.99. The number of H-pyrrole nitrogens is 1. The van der Waals surface area contributed by atoms with Gasteiger partial charge in [-0.15, -0.1) is 0 Å². The number of rotatable bonds is 6. The first kappa shape index (κ1) is 23.0. The zero-order chi connectivity index (χ0) is 24.9. The molecule has 4 aromatic rings. The third kappa shape index (κ3) is 4.27. The van der Waals surface area contributed by atoms with Gasteiger partial charge in [-0.25, -0.2) is 17.5 Å². The van der Waals surface area contributed by atoms with Gasteiger partial charge in [-0.05, 0) is 74.2 Å². The summed E-state index contributed by atoms with van der Waals surface area (Å²) in [6.07, 6.45) is 2.49. The number of benzene rings is 2. The monoisotopic (exact) mass is 493 g/mol. The summed E-state index contributed by atoms with van der Waals surface area (Å²) in [7, 11) is -3.85. The van der Waals surface area contributed by atoms with Crippen molar-refractivity contribution in [3.05, 3.63) is 93.3 Å². The molecule has 1 fully saturated rings. The van der Waals surface area contributed by atoms with Crippen LogP contribution in [0.15, 0.2) is 59.5 Å². The molecule has 1 aliphatic carbocycles. The Kier molecular flexibility index (Phi) is 5.59. The molecule has 0 bridgehead atoms. The molecule has 2 N–H and O–H groups in total. The van der Waals surface area contributed by atoms with E-state index in [0.29, 0.717) is 34.9 Å². The van der Waals surface area contributed by atoms with Gasteiger partial charge in [0.15, 0.2) is 0 Å². The molecule has 1 aliphatic rings. The molecule has 9 heteroatoms. The van der Waals surface area contributed by atoms with Crippen molar-refractivity contribution in [2.75, 3.05) is 0 Å². The molecule has 2 aromatic carbocycles. The van der Waals surface area contributed by atoms with Crippen LogP contribution in [0.25, 0.3) is 22.0 Å². The summed E-state index contributed by atoms with van der Waals surface area (Å²) in [5.74, 6) is -1.24. The van der Waals surface area contributed by atoms with E-state index in [4.69, 9.17) is 0 Å². The summed E-state index contributed by atoms with van der Waals surface area (Å²) in [5, 5.41) is 0.0327. The second-order valence-corrected chi connectivity index (χ2v) is 11.0. The lowest BCUT2D eigenvalue weighted by Gasteiger charge is -2.14. The smallest absolute Gasteiger partial charge is 0.282 e. The quantitative estimate of drug-likeness (QED) is 0.424. The Morgan fingerprint density at radius 2 is 1.91 bits per heavy atom. The number of aryl methyl sites for hydroxylation is 2. The summed E-state index contributed by atoms with van der Waals surface area (Å²) in [6.45, 7) is 3.84. The third-order valence-electron chi connectivity index (χ3n) is 6.36. The first-order valence-electron chi connectivity index (χ1n) is 11.3. The number of carbonyl (C=O) groups excluding carboxylic acids is 1. The summed E-state index contributed by atoms with van der Waals surface area (Å²) < 4.78 is 43.3. The molecule has 5 rings (SSSR count). The van der Waals surface area contributed by atoms with Crippen molar-refractivity contribution in [1.29, 1.82) is 0 Å². The van der Waals surface area contributed by atoms with E-state index in [1.807, 2.05) is 32.0 Å². The van der Waals surface area contributed by atoms with Crippen molar-refractivity contribution >= 4 is 26.8 Å². The molecule has 180 valence electrons. The fourth-order valence-electron chi connectivity index (χ4n) is 4.38. The summed E-state index contributed by atoms with van der Waals surface area (Å²) in [5.41, 5.74) is 3.19. The van der Waals surface area contributed by atoms with Gasteiger partial charge in [0.05, 0.1) is 5.25 Å². The van der Waals surface area contributed by atoms with Crippen LogP contribution >= 0.6 is 0 Å². The molecule has 2 heterocycles. The van der Waals surface area contributed by atoms with E-state index < -0.39 is 32.6 Å². The van der Waals surface area contributed by atoms with Crippen molar-refractivity contribution in [3.8, 4) is 11.1 Å². The highest BCUT2D eigenvalue weighted by molar-refractivity contribution is 7.91. The number of aromatic nitrogens is 2. The molecule has 0 unspecified atom stereocenters. The fourth-order valence-corrected chi connectivity index (χ4v) is 5.66. The van der Waals surface area contributed by atoms with Crippen molar-refractivity contribution in [2.45, 2.75) is 38.5 Å². The van der Waals surface area contributed by atoms with Crippen molar-refractivity contribution < 1.29 is 17.6 Å². The minimum Gasteiger partial charge on any atom is -0.331 e. The lowest BCUT2D eigenvalue weighted by molar-refractivity contribution is 0.0974. The maximum Gasteiger partial charge on any atom is 0.282 e. The maximum atomic E-state index is 14.1. The van der Waals surface area contributed by atoms with Gasteiger partial charge >= 0.3 is 0 Å². The zero-order valence-electron chi connectivity index (χ0n) is 19.3. The molecular formula is C26H24FN3O4S. The molecule has 0 radical (unpaired) electrons. The number of halogens is 1. The van der Waals surface area contributed by atoms with Crippen LogP contribution in [-0.2, 0) is 16.6 Å². The number of amides is 1. The first-order chi connectivity index (χ1) is 16.7. The van der Waals surface area contributed by atoms with Gasteiger partial charge < -0.3 is 9.55 Å². The number of pyridine rings is 1. The van der Waals surface area contributed by atoms with Crippen LogP contribution in [0.1, 0.15) is 40.0 Å². The van der Waals surface area contributed by atoms with Gasteiger partial charge in [-0.3, -0.25) is 9.59 Å². The third-order valence-corrected chi connectivity index (χ3v) is 8.18. The molecule has 2 aromatic heterocycles. The normalized spacial score (nSPS) is 13.8. The van der Waals surface area contributed by atoms with E-state index in [2.05, 4.69) is 9.71 Å². The second kappa shape index (κ2) is 8.49. The van der Waals surface area contributed by atoms with Crippen LogP contribution in [0.3, 0.4) is 0 Å². The Hall–Kier alpha value is -3.72. The lowest BCUT2D eigenvalue weighted by atomic mass is 10.0. The zero-order valence-corrected chi connectivity index (χ0v) is 20.1. The molecule has 7 nitrogen and oxygen atoms in total. The van der Waals surface area contributed by atoms with E-state index in [1.54, 1.807) is 22.8 Å². The van der Waals surface area contributed by atoms with Gasteiger partial charge in [0.2, 0.25) is 10.0 Å². The summed E-state index contributed by atoms with van der Waals surface area (Å²) in [6, 6.07) is 13.2. The Morgan fingerprint density at radius 3 is 2.63 bits per heavy atom. The molecule has 35 heavy (non-hydrogen) atoms. The number of carbonyl (C=O) groups is 1. The van der Waals surface area contributed by atoms with Crippen LogP contribution in [0.4, 0.5) is 4.39 Å². The molecular weight excluding hydrogens is 469 g/mol. The average Bonchev–Trinajstić information content (AvgIpc) is 3.61. The van der Waals surface area contributed by atoms with E-state index in [-0.39, 0.29) is 17.8 Å². The van der Waals surface area contributed by atoms with Crippen molar-refractivity contribution in [3.63, 3.8) is 0 Å². The number of fused-ring (bicyclic) bond motifs is 1. The largest absolute Gasteiger partial charge is 0.331 e. The minimum absolute atomic E-state index is 0.0372. The van der Waals surface area contributed by atoms with Crippen LogP contribution < -0.4 is 10.3 Å². The van der Waals surface area contributed by atoms with E-state index in [0.717, 1.165) is 11.1 Å². The predicted octanol–water partition coefficient (Wildman–Crippen LogP) is 4.02. The number of aromatic amines is 1. The van der Waals surface area contributed by atoms with Gasteiger partial charge in [-0.1, -0.05) is 17.7 Å². The first-order valence-corrected chi connectivity index (χ1v) is 12.8. The summed E-state index contributed by atoms with van der Waals surface area (Å²) >= 11 is 0. The number of nitrogens with one attached hydrogen (secondary N) is 2. The van der Waals surface area contributed by atoms with Crippen LogP contribution in [0.5, 0.6) is 0 Å². The van der Waals surface area contributed by atoms with Gasteiger partial charge in [0.25, 0.3) is 11.5 Å². The Bertz CT molecular complexity index is 1650. The van der Waals surface area contributed by atoms with Crippen molar-refractivity contribution in [2.24, 2.45) is 0 Å². The topological polar surface area (TPSA) is 101 Å². The van der Waals surface area contributed by atoms with E-state index in [9.17, 15) is 22.4 Å². The Morgan fingerprint density at radius 1 is 1.14 bits per heavy atom. The molecule has 0 saturated heterocycles. The maximum absolute atomic E-state index is 14.1. The highest BCUT2D eigenvalue weighted by atomic mass is 32.2. The SMILES string of the molecule is Cc1ccc2c(c1)c(-c1ccc[nH]c1=O)c(C(=O)NS(=O)(=O)C1CC1)n2Cc1cc(F)ccc1C. The van der Waals surface area contributed by atoms with Crippen molar-refractivity contribution in [1.82, 2.24) is 14.3 Å². The Balaban J connectivity index is 1.81. The highest BCUT2D eigenvalue weighted by Crippen LogP contribution is 2.36. The standard InChI is InChI=1S/C26H24FN3O4S/c1-15-5-10-22-21(12-15)23(20-4-3-11-28-25(20)31)24(26(32)29-35(33,34)19-8-9-19)30(22)14-17-13-18(27)7-6-16(17)2/h3-7,10-13,19H,8-9,14H2,1-2H3,(H,28,31)(H,29,32). The lowest BCUT2D eigenvalue weighted by Crippen LogP contribution is -2.35. The fraction of sp³-hybridized carbons (Fsp3) is 0.231. The molecule has 1 saturated carbocycles.